The Balaban J connectivity index is 1.75. The summed E-state index contributed by atoms with van der Waals surface area (Å²) in [5.74, 6) is 0.0878. The van der Waals surface area contributed by atoms with Crippen molar-refractivity contribution >= 4 is 5.91 Å². The zero-order valence-corrected chi connectivity index (χ0v) is 12.3. The predicted molar refractivity (Wildman–Crippen MR) is 81.1 cm³/mol. The Morgan fingerprint density at radius 1 is 1.29 bits per heavy atom. The molecule has 2 rings (SSSR count). The molecule has 112 valence electrons. The molecule has 0 aliphatic rings. The minimum Gasteiger partial charge on any atom is -0.385 e. The third kappa shape index (κ3) is 5.04. The Morgan fingerprint density at radius 3 is 2.76 bits per heavy atom. The van der Waals surface area contributed by atoms with E-state index in [9.17, 15) is 4.79 Å². The molecule has 2 aromatic rings. The number of hydrogen-bond donors (Lipinski definition) is 1. The maximum atomic E-state index is 11.7. The second-order valence-electron chi connectivity index (χ2n) is 4.86. The van der Waals surface area contributed by atoms with Gasteiger partial charge >= 0.3 is 0 Å². The number of nitrogens with zero attached hydrogens (tertiary/aromatic N) is 2. The number of unbranched alkanes of at least 4 members (excludes halogenated alkanes) is 1. The normalized spacial score (nSPS) is 10.5. The Labute approximate surface area is 125 Å². The van der Waals surface area contributed by atoms with Gasteiger partial charge < -0.3 is 14.6 Å². The summed E-state index contributed by atoms with van der Waals surface area (Å²) in [6.07, 6.45) is 7.74. The molecule has 1 amide bonds. The van der Waals surface area contributed by atoms with Gasteiger partial charge in [-0.15, -0.1) is 0 Å². The van der Waals surface area contributed by atoms with Crippen LogP contribution in [0.2, 0.25) is 0 Å². The first-order valence-corrected chi connectivity index (χ1v) is 7.12. The summed E-state index contributed by atoms with van der Waals surface area (Å²) in [5.41, 5.74) is 2.14. The van der Waals surface area contributed by atoms with E-state index in [0.717, 1.165) is 24.1 Å². The molecule has 1 N–H and O–H groups in total. The first-order valence-electron chi connectivity index (χ1n) is 7.12. The van der Waals surface area contributed by atoms with Crippen LogP contribution in [-0.4, -0.2) is 29.2 Å². The number of methoxy groups -OCH3 is 1. The van der Waals surface area contributed by atoms with Gasteiger partial charge in [0.2, 0.25) is 5.91 Å². The molecule has 5 nitrogen and oxygen atoms in total. The molecule has 1 aromatic heterocycles. The van der Waals surface area contributed by atoms with Crippen LogP contribution in [0.1, 0.15) is 24.8 Å². The van der Waals surface area contributed by atoms with E-state index in [1.54, 1.807) is 19.6 Å². The molecule has 0 aliphatic carbocycles. The average molecular weight is 287 g/mol. The third-order valence-corrected chi connectivity index (χ3v) is 3.23. The van der Waals surface area contributed by atoms with Crippen LogP contribution >= 0.6 is 0 Å². The number of nitrogens with one attached hydrogen (secondary N) is 1. The zero-order valence-electron chi connectivity index (χ0n) is 12.3. The highest BCUT2D eigenvalue weighted by Gasteiger charge is 2.02. The predicted octanol–water partition coefficient (Wildman–Crippen LogP) is 2.31. The lowest BCUT2D eigenvalue weighted by Gasteiger charge is -2.07. The third-order valence-electron chi connectivity index (χ3n) is 3.23. The Bertz CT molecular complexity index is 535. The minimum atomic E-state index is 0.0878. The largest absolute Gasteiger partial charge is 0.385 e. The second-order valence-corrected chi connectivity index (χ2v) is 4.86. The van der Waals surface area contributed by atoms with E-state index in [0.29, 0.717) is 19.6 Å². The van der Waals surface area contributed by atoms with Gasteiger partial charge in [0.25, 0.3) is 0 Å². The summed E-state index contributed by atoms with van der Waals surface area (Å²) in [6.45, 7) is 1.27. The quantitative estimate of drug-likeness (QED) is 0.758. The van der Waals surface area contributed by atoms with E-state index in [1.807, 2.05) is 35.0 Å². The monoisotopic (exact) mass is 287 g/mol. The van der Waals surface area contributed by atoms with Crippen LogP contribution < -0.4 is 5.32 Å². The van der Waals surface area contributed by atoms with Crippen molar-refractivity contribution in [2.75, 3.05) is 13.7 Å². The molecule has 0 unspecified atom stereocenters. The summed E-state index contributed by atoms with van der Waals surface area (Å²) >= 11 is 0. The fraction of sp³-hybridized carbons (Fsp3) is 0.375. The molecule has 0 saturated heterocycles. The van der Waals surface area contributed by atoms with Crippen LogP contribution in [0.3, 0.4) is 0 Å². The molecule has 0 spiro atoms. The lowest BCUT2D eigenvalue weighted by Crippen LogP contribution is -2.22. The lowest BCUT2D eigenvalue weighted by atomic mass is 10.2. The van der Waals surface area contributed by atoms with Gasteiger partial charge in [-0.25, -0.2) is 4.98 Å². The summed E-state index contributed by atoms with van der Waals surface area (Å²) < 4.78 is 6.90. The standard InChI is InChI=1S/C16H21N3O2/c1-21-11-3-2-4-16(20)18-12-14-5-7-15(8-6-14)19-10-9-17-13-19/h5-10,13H,2-4,11-12H2,1H3,(H,18,20). The smallest absolute Gasteiger partial charge is 0.220 e. The van der Waals surface area contributed by atoms with Gasteiger partial charge in [-0.05, 0) is 30.5 Å². The van der Waals surface area contributed by atoms with Crippen LogP contribution in [0.5, 0.6) is 0 Å². The van der Waals surface area contributed by atoms with E-state index in [4.69, 9.17) is 4.74 Å². The average Bonchev–Trinajstić information content (AvgIpc) is 3.04. The van der Waals surface area contributed by atoms with Crippen molar-refractivity contribution in [3.63, 3.8) is 0 Å². The summed E-state index contributed by atoms with van der Waals surface area (Å²) in [5, 5.41) is 2.93. The number of hydrogen-bond acceptors (Lipinski definition) is 3. The molecule has 0 fully saturated rings. The van der Waals surface area contributed by atoms with Crippen molar-refractivity contribution in [3.8, 4) is 5.69 Å². The molecule has 0 bridgehead atoms. The Hall–Kier alpha value is -2.14. The van der Waals surface area contributed by atoms with Gasteiger partial charge in [-0.1, -0.05) is 12.1 Å². The molecule has 0 saturated carbocycles. The second kappa shape index (κ2) is 8.21. The number of amides is 1. The molecule has 5 heteroatoms. The molecular weight excluding hydrogens is 266 g/mol. The van der Waals surface area contributed by atoms with E-state index in [2.05, 4.69) is 10.3 Å². The number of ether oxygens (including phenoxy) is 1. The molecular formula is C16H21N3O2. The topological polar surface area (TPSA) is 56.1 Å². The molecule has 0 atom stereocenters. The van der Waals surface area contributed by atoms with Crippen LogP contribution in [0.4, 0.5) is 0 Å². The van der Waals surface area contributed by atoms with Crippen molar-refractivity contribution < 1.29 is 9.53 Å². The van der Waals surface area contributed by atoms with Gasteiger partial charge in [0.15, 0.2) is 0 Å². The molecule has 0 radical (unpaired) electrons. The molecule has 1 aromatic carbocycles. The minimum absolute atomic E-state index is 0.0878. The number of carbonyl (C=O) groups is 1. The number of carbonyl (C=O) groups excluding carboxylic acids is 1. The Morgan fingerprint density at radius 2 is 2.10 bits per heavy atom. The van der Waals surface area contributed by atoms with Gasteiger partial charge in [-0.3, -0.25) is 4.79 Å². The van der Waals surface area contributed by atoms with Gasteiger partial charge in [0, 0.05) is 44.8 Å². The first kappa shape index (κ1) is 15.3. The molecule has 1 heterocycles. The highest BCUT2D eigenvalue weighted by molar-refractivity contribution is 5.75. The van der Waals surface area contributed by atoms with Crippen LogP contribution in [0.15, 0.2) is 43.0 Å². The van der Waals surface area contributed by atoms with Crippen LogP contribution in [0.25, 0.3) is 5.69 Å². The van der Waals surface area contributed by atoms with Crippen molar-refractivity contribution in [2.24, 2.45) is 0 Å². The molecule has 21 heavy (non-hydrogen) atoms. The Kier molecular flexibility index (Phi) is 5.97. The van der Waals surface area contributed by atoms with E-state index < -0.39 is 0 Å². The first-order chi connectivity index (χ1) is 10.3. The van der Waals surface area contributed by atoms with Gasteiger partial charge in [-0.2, -0.15) is 0 Å². The number of rotatable bonds is 8. The fourth-order valence-electron chi connectivity index (χ4n) is 2.02. The summed E-state index contributed by atoms with van der Waals surface area (Å²) in [6, 6.07) is 8.06. The van der Waals surface area contributed by atoms with Crippen LogP contribution in [-0.2, 0) is 16.1 Å². The lowest BCUT2D eigenvalue weighted by molar-refractivity contribution is -0.121. The van der Waals surface area contributed by atoms with Crippen LogP contribution in [0, 0.1) is 0 Å². The SMILES string of the molecule is COCCCCC(=O)NCc1ccc(-n2ccnc2)cc1. The fourth-order valence-corrected chi connectivity index (χ4v) is 2.02. The number of imidazole rings is 1. The highest BCUT2D eigenvalue weighted by Crippen LogP contribution is 2.09. The van der Waals surface area contributed by atoms with Crippen molar-refractivity contribution in [1.29, 1.82) is 0 Å². The van der Waals surface area contributed by atoms with E-state index in [-0.39, 0.29) is 5.91 Å². The summed E-state index contributed by atoms with van der Waals surface area (Å²) in [7, 11) is 1.67. The molecule has 0 aliphatic heterocycles. The van der Waals surface area contributed by atoms with E-state index >= 15 is 0 Å². The van der Waals surface area contributed by atoms with Crippen molar-refractivity contribution in [1.82, 2.24) is 14.9 Å². The number of aromatic nitrogens is 2. The maximum absolute atomic E-state index is 11.7. The van der Waals surface area contributed by atoms with E-state index in [1.165, 1.54) is 0 Å². The maximum Gasteiger partial charge on any atom is 0.220 e. The van der Waals surface area contributed by atoms with Gasteiger partial charge in [0.1, 0.15) is 0 Å². The van der Waals surface area contributed by atoms with Gasteiger partial charge in [0.05, 0.1) is 6.33 Å². The number of benzene rings is 1. The van der Waals surface area contributed by atoms with Crippen molar-refractivity contribution in [3.05, 3.63) is 48.5 Å². The summed E-state index contributed by atoms with van der Waals surface area (Å²) in [4.78, 5) is 15.7. The van der Waals surface area contributed by atoms with Crippen molar-refractivity contribution in [2.45, 2.75) is 25.8 Å². The highest BCUT2D eigenvalue weighted by atomic mass is 16.5. The zero-order chi connectivity index (χ0) is 14.9.